The van der Waals surface area contributed by atoms with Crippen LogP contribution in [0.5, 0.6) is 0 Å². The molecule has 0 fully saturated rings. The van der Waals surface area contributed by atoms with Crippen LogP contribution in [-0.2, 0) is 0 Å². The first-order valence-electron chi connectivity index (χ1n) is 7.09. The molecule has 0 bridgehead atoms. The molecule has 4 heteroatoms. The molecular formula is C18H20N2O2. The number of aryl methyl sites for hydroxylation is 1. The van der Waals surface area contributed by atoms with Gasteiger partial charge in [-0.3, -0.25) is 9.59 Å². The summed E-state index contributed by atoms with van der Waals surface area (Å²) in [6, 6.07) is 12.5. The fourth-order valence-electron chi connectivity index (χ4n) is 2.29. The van der Waals surface area contributed by atoms with Gasteiger partial charge in [-0.05, 0) is 61.9 Å². The van der Waals surface area contributed by atoms with Gasteiger partial charge in [0.25, 0.3) is 5.91 Å². The molecule has 0 saturated carbocycles. The third-order valence-electron chi connectivity index (χ3n) is 3.49. The molecule has 0 aliphatic heterocycles. The van der Waals surface area contributed by atoms with E-state index in [9.17, 15) is 9.59 Å². The summed E-state index contributed by atoms with van der Waals surface area (Å²) >= 11 is 0. The lowest BCUT2D eigenvalue weighted by atomic mass is 10.1. The van der Waals surface area contributed by atoms with Crippen LogP contribution >= 0.6 is 0 Å². The van der Waals surface area contributed by atoms with Gasteiger partial charge in [-0.2, -0.15) is 0 Å². The highest BCUT2D eigenvalue weighted by Gasteiger charge is 2.09. The van der Waals surface area contributed by atoms with Crippen LogP contribution in [0.3, 0.4) is 0 Å². The number of ketones is 1. The van der Waals surface area contributed by atoms with Crippen LogP contribution in [-0.4, -0.2) is 25.8 Å². The zero-order valence-electron chi connectivity index (χ0n) is 13.3. The maximum atomic E-state index is 12.3. The molecule has 4 nitrogen and oxygen atoms in total. The summed E-state index contributed by atoms with van der Waals surface area (Å²) in [5.74, 6) is -0.156. The number of benzene rings is 2. The summed E-state index contributed by atoms with van der Waals surface area (Å²) in [7, 11) is 3.94. The molecule has 0 radical (unpaired) electrons. The van der Waals surface area contributed by atoms with Crippen LogP contribution in [0.1, 0.15) is 33.2 Å². The minimum atomic E-state index is -0.163. The van der Waals surface area contributed by atoms with E-state index in [1.165, 1.54) is 6.92 Å². The Labute approximate surface area is 130 Å². The number of nitrogens with zero attached hydrogens (tertiary/aromatic N) is 1. The summed E-state index contributed by atoms with van der Waals surface area (Å²) in [6.07, 6.45) is 0. The van der Waals surface area contributed by atoms with E-state index in [1.54, 1.807) is 24.3 Å². The largest absolute Gasteiger partial charge is 0.377 e. The lowest BCUT2D eigenvalue weighted by molar-refractivity contribution is 0.101. The van der Waals surface area contributed by atoms with E-state index < -0.39 is 0 Å². The first-order valence-corrected chi connectivity index (χ1v) is 7.09. The molecule has 1 N–H and O–H groups in total. The second-order valence-corrected chi connectivity index (χ2v) is 5.48. The Kier molecular flexibility index (Phi) is 4.61. The van der Waals surface area contributed by atoms with Gasteiger partial charge in [-0.15, -0.1) is 0 Å². The topological polar surface area (TPSA) is 49.4 Å². The van der Waals surface area contributed by atoms with Crippen molar-refractivity contribution in [1.29, 1.82) is 0 Å². The summed E-state index contributed by atoms with van der Waals surface area (Å²) in [5, 5.41) is 2.84. The second kappa shape index (κ2) is 6.43. The number of hydrogen-bond donors (Lipinski definition) is 1. The van der Waals surface area contributed by atoms with E-state index in [1.807, 2.05) is 44.1 Å². The zero-order valence-corrected chi connectivity index (χ0v) is 13.3. The third kappa shape index (κ3) is 3.52. The fraction of sp³-hybridized carbons (Fsp3) is 0.222. The molecule has 2 aromatic rings. The van der Waals surface area contributed by atoms with Crippen molar-refractivity contribution >= 4 is 23.1 Å². The smallest absolute Gasteiger partial charge is 0.255 e. The average molecular weight is 296 g/mol. The van der Waals surface area contributed by atoms with Crippen LogP contribution in [0.25, 0.3) is 0 Å². The number of carbonyl (C=O) groups excluding carboxylic acids is 2. The van der Waals surface area contributed by atoms with Crippen LogP contribution in [0, 0.1) is 6.92 Å². The number of amides is 1. The molecule has 0 aliphatic carbocycles. The monoisotopic (exact) mass is 296 g/mol. The van der Waals surface area contributed by atoms with Gasteiger partial charge in [0, 0.05) is 36.6 Å². The van der Waals surface area contributed by atoms with Crippen molar-refractivity contribution in [3.05, 3.63) is 59.2 Å². The molecule has 2 rings (SSSR count). The van der Waals surface area contributed by atoms with Crippen molar-refractivity contribution in [2.45, 2.75) is 13.8 Å². The van der Waals surface area contributed by atoms with E-state index >= 15 is 0 Å². The molecule has 1 amide bonds. The Hall–Kier alpha value is -2.62. The number of anilines is 2. The van der Waals surface area contributed by atoms with Crippen molar-refractivity contribution in [2.75, 3.05) is 24.3 Å². The van der Waals surface area contributed by atoms with E-state index in [2.05, 4.69) is 5.32 Å². The van der Waals surface area contributed by atoms with Gasteiger partial charge in [0.05, 0.1) is 0 Å². The standard InChI is InChI=1S/C18H20N2O2/c1-12-11-15(7-10-17(12)20(3)4)18(22)19-16-8-5-14(6-9-16)13(2)21/h5-11H,1-4H3,(H,19,22). The molecule has 2 aromatic carbocycles. The van der Waals surface area contributed by atoms with Gasteiger partial charge in [0.2, 0.25) is 0 Å². The summed E-state index contributed by atoms with van der Waals surface area (Å²) < 4.78 is 0. The Morgan fingerprint density at radius 2 is 1.55 bits per heavy atom. The van der Waals surface area contributed by atoms with Crippen molar-refractivity contribution in [3.8, 4) is 0 Å². The third-order valence-corrected chi connectivity index (χ3v) is 3.49. The molecule has 0 heterocycles. The van der Waals surface area contributed by atoms with E-state index in [0.717, 1.165) is 11.3 Å². The minimum absolute atomic E-state index is 0.00720. The predicted octanol–water partition coefficient (Wildman–Crippen LogP) is 3.52. The molecule has 22 heavy (non-hydrogen) atoms. The zero-order chi connectivity index (χ0) is 16.3. The maximum Gasteiger partial charge on any atom is 0.255 e. The molecule has 0 aliphatic rings. The van der Waals surface area contributed by atoms with Crippen molar-refractivity contribution in [2.24, 2.45) is 0 Å². The SMILES string of the molecule is CC(=O)c1ccc(NC(=O)c2ccc(N(C)C)c(C)c2)cc1. The first kappa shape index (κ1) is 15.8. The van der Waals surface area contributed by atoms with Gasteiger partial charge in [-0.25, -0.2) is 0 Å². The lowest BCUT2D eigenvalue weighted by Crippen LogP contribution is -2.14. The second-order valence-electron chi connectivity index (χ2n) is 5.48. The number of carbonyl (C=O) groups is 2. The van der Waals surface area contributed by atoms with Crippen LogP contribution < -0.4 is 10.2 Å². The fourth-order valence-corrected chi connectivity index (χ4v) is 2.29. The number of hydrogen-bond acceptors (Lipinski definition) is 3. The Morgan fingerprint density at radius 3 is 2.05 bits per heavy atom. The number of nitrogens with one attached hydrogen (secondary N) is 1. The lowest BCUT2D eigenvalue weighted by Gasteiger charge is -2.16. The summed E-state index contributed by atoms with van der Waals surface area (Å²) in [5.41, 5.74) is 4.04. The summed E-state index contributed by atoms with van der Waals surface area (Å²) in [4.78, 5) is 25.5. The van der Waals surface area contributed by atoms with Crippen LogP contribution in [0.15, 0.2) is 42.5 Å². The van der Waals surface area contributed by atoms with Crippen molar-refractivity contribution in [3.63, 3.8) is 0 Å². The van der Waals surface area contributed by atoms with Crippen LogP contribution in [0.4, 0.5) is 11.4 Å². The molecule has 0 atom stereocenters. The van der Waals surface area contributed by atoms with E-state index in [0.29, 0.717) is 16.8 Å². The molecule has 0 aromatic heterocycles. The van der Waals surface area contributed by atoms with E-state index in [-0.39, 0.29) is 11.7 Å². The highest BCUT2D eigenvalue weighted by Crippen LogP contribution is 2.20. The Morgan fingerprint density at radius 1 is 0.955 bits per heavy atom. The quantitative estimate of drug-likeness (QED) is 0.878. The Balaban J connectivity index is 2.15. The van der Waals surface area contributed by atoms with Gasteiger partial charge in [0.1, 0.15) is 0 Å². The Bertz CT molecular complexity index is 704. The average Bonchev–Trinajstić information content (AvgIpc) is 2.47. The minimum Gasteiger partial charge on any atom is -0.377 e. The molecular weight excluding hydrogens is 276 g/mol. The van der Waals surface area contributed by atoms with Crippen molar-refractivity contribution < 1.29 is 9.59 Å². The molecule has 0 saturated heterocycles. The predicted molar refractivity (Wildman–Crippen MR) is 89.9 cm³/mol. The van der Waals surface area contributed by atoms with Crippen molar-refractivity contribution in [1.82, 2.24) is 0 Å². The molecule has 0 spiro atoms. The number of rotatable bonds is 4. The first-order chi connectivity index (χ1) is 10.4. The van der Waals surface area contributed by atoms with Gasteiger partial charge < -0.3 is 10.2 Å². The molecule has 0 unspecified atom stereocenters. The van der Waals surface area contributed by atoms with Gasteiger partial charge in [0.15, 0.2) is 5.78 Å². The van der Waals surface area contributed by atoms with Gasteiger partial charge >= 0.3 is 0 Å². The summed E-state index contributed by atoms with van der Waals surface area (Å²) in [6.45, 7) is 3.50. The van der Waals surface area contributed by atoms with E-state index in [4.69, 9.17) is 0 Å². The number of Topliss-reactive ketones (excluding diaryl/α,β-unsaturated/α-hetero) is 1. The normalized spacial score (nSPS) is 10.2. The maximum absolute atomic E-state index is 12.3. The highest BCUT2D eigenvalue weighted by atomic mass is 16.1. The highest BCUT2D eigenvalue weighted by molar-refractivity contribution is 6.05. The van der Waals surface area contributed by atoms with Gasteiger partial charge in [-0.1, -0.05) is 0 Å². The molecule has 114 valence electrons. The van der Waals surface area contributed by atoms with Crippen LogP contribution in [0.2, 0.25) is 0 Å².